The van der Waals surface area contributed by atoms with Gasteiger partial charge in [-0.15, -0.1) is 0 Å². The number of pyridine rings is 2. The second-order valence-electron chi connectivity index (χ2n) is 8.77. The van der Waals surface area contributed by atoms with Gasteiger partial charge in [-0.05, 0) is 56.1 Å². The molecular weight excluding hydrogens is 474 g/mol. The minimum Gasteiger partial charge on any atom is -0.508 e. The van der Waals surface area contributed by atoms with Gasteiger partial charge in [0.25, 0.3) is 0 Å². The number of aromatic hydroxyl groups is 1. The van der Waals surface area contributed by atoms with Gasteiger partial charge in [-0.25, -0.2) is 0 Å². The number of aromatic amines is 1. The van der Waals surface area contributed by atoms with Crippen molar-refractivity contribution < 1.29 is 10.2 Å². The van der Waals surface area contributed by atoms with Crippen molar-refractivity contribution in [1.29, 1.82) is 0 Å². The summed E-state index contributed by atoms with van der Waals surface area (Å²) in [5, 5.41) is 24.9. The SMILES string of the molecule is Nc1cccc(-c2nc(CCCCNC[C@H](O)c3cc(O)cc4[nH]c(=O)sc34)cc3cccnc23)c1. The van der Waals surface area contributed by atoms with Gasteiger partial charge < -0.3 is 26.2 Å². The van der Waals surface area contributed by atoms with E-state index < -0.39 is 6.10 Å². The van der Waals surface area contributed by atoms with E-state index in [1.807, 2.05) is 36.4 Å². The van der Waals surface area contributed by atoms with Crippen LogP contribution in [0.5, 0.6) is 5.75 Å². The number of unbranched alkanes of at least 4 members (excludes halogenated alkanes) is 1. The largest absolute Gasteiger partial charge is 0.508 e. The number of aromatic nitrogens is 3. The lowest BCUT2D eigenvalue weighted by Gasteiger charge is -2.13. The van der Waals surface area contributed by atoms with Gasteiger partial charge >= 0.3 is 4.87 Å². The summed E-state index contributed by atoms with van der Waals surface area (Å²) in [6.07, 6.45) is 3.59. The summed E-state index contributed by atoms with van der Waals surface area (Å²) in [7, 11) is 0. The lowest BCUT2D eigenvalue weighted by atomic mass is 10.0. The van der Waals surface area contributed by atoms with Gasteiger partial charge in [0.05, 0.1) is 27.5 Å². The highest BCUT2D eigenvalue weighted by atomic mass is 32.1. The first kappa shape index (κ1) is 23.9. The molecule has 8 nitrogen and oxygen atoms in total. The second kappa shape index (κ2) is 10.4. The smallest absolute Gasteiger partial charge is 0.305 e. The van der Waals surface area contributed by atoms with E-state index in [0.29, 0.717) is 28.0 Å². The molecule has 3 heterocycles. The Balaban J connectivity index is 1.19. The number of aliphatic hydroxyl groups is 1. The van der Waals surface area contributed by atoms with Crippen molar-refractivity contribution in [3.8, 4) is 17.0 Å². The number of nitrogens with one attached hydrogen (secondary N) is 2. The number of fused-ring (bicyclic) bond motifs is 2. The number of thiazole rings is 1. The number of nitrogen functional groups attached to an aromatic ring is 1. The van der Waals surface area contributed by atoms with Crippen LogP contribution in [0.3, 0.4) is 0 Å². The lowest BCUT2D eigenvalue weighted by Crippen LogP contribution is -2.22. The highest BCUT2D eigenvalue weighted by molar-refractivity contribution is 7.16. The van der Waals surface area contributed by atoms with Crippen molar-refractivity contribution in [1.82, 2.24) is 20.3 Å². The molecule has 2 aromatic carbocycles. The number of H-pyrrole nitrogens is 1. The van der Waals surface area contributed by atoms with Crippen molar-refractivity contribution in [2.24, 2.45) is 0 Å². The van der Waals surface area contributed by atoms with Gasteiger partial charge in [-0.1, -0.05) is 29.5 Å². The maximum Gasteiger partial charge on any atom is 0.305 e. The number of nitrogens with zero attached hydrogens (tertiary/aromatic N) is 2. The van der Waals surface area contributed by atoms with E-state index in [0.717, 1.165) is 65.0 Å². The Morgan fingerprint density at radius 1 is 1.11 bits per heavy atom. The molecule has 0 amide bonds. The third-order valence-electron chi connectivity index (χ3n) is 6.07. The predicted molar refractivity (Wildman–Crippen MR) is 144 cm³/mol. The topological polar surface area (TPSA) is 137 Å². The van der Waals surface area contributed by atoms with Crippen LogP contribution in [-0.4, -0.2) is 38.3 Å². The van der Waals surface area contributed by atoms with Crippen molar-refractivity contribution >= 4 is 38.1 Å². The van der Waals surface area contributed by atoms with Gasteiger partial charge in [-0.2, -0.15) is 0 Å². The maximum absolute atomic E-state index is 11.7. The molecule has 3 aromatic heterocycles. The molecule has 0 fully saturated rings. The Morgan fingerprint density at radius 3 is 2.86 bits per heavy atom. The summed E-state index contributed by atoms with van der Waals surface area (Å²) < 4.78 is 0.667. The van der Waals surface area contributed by atoms with Crippen LogP contribution < -0.4 is 15.9 Å². The van der Waals surface area contributed by atoms with Crippen LogP contribution in [0, 0.1) is 0 Å². The molecule has 6 N–H and O–H groups in total. The van der Waals surface area contributed by atoms with Crippen LogP contribution in [0.15, 0.2) is 65.6 Å². The Bertz CT molecular complexity index is 1580. The molecule has 184 valence electrons. The zero-order chi connectivity index (χ0) is 25.1. The van der Waals surface area contributed by atoms with Crippen LogP contribution in [-0.2, 0) is 6.42 Å². The number of hydrogen-bond donors (Lipinski definition) is 5. The van der Waals surface area contributed by atoms with Gasteiger partial charge in [0.15, 0.2) is 0 Å². The molecule has 0 aliphatic heterocycles. The molecule has 1 atom stereocenters. The van der Waals surface area contributed by atoms with E-state index in [-0.39, 0.29) is 10.6 Å². The van der Waals surface area contributed by atoms with E-state index >= 15 is 0 Å². The predicted octanol–water partition coefficient (Wildman–Crippen LogP) is 4.13. The van der Waals surface area contributed by atoms with Crippen LogP contribution >= 0.6 is 11.3 Å². The van der Waals surface area contributed by atoms with Gasteiger partial charge in [0, 0.05) is 46.7 Å². The molecular formula is C27H27N5O3S. The molecule has 0 radical (unpaired) electrons. The third kappa shape index (κ3) is 5.23. The quantitative estimate of drug-likeness (QED) is 0.151. The minimum atomic E-state index is -0.832. The molecule has 9 heteroatoms. The number of phenols is 1. The van der Waals surface area contributed by atoms with Crippen molar-refractivity contribution in [3.05, 3.63) is 81.7 Å². The number of rotatable bonds is 9. The summed E-state index contributed by atoms with van der Waals surface area (Å²) in [5.74, 6) is 0.0150. The molecule has 36 heavy (non-hydrogen) atoms. The van der Waals surface area contributed by atoms with Crippen LogP contribution in [0.2, 0.25) is 0 Å². The number of phenolic OH excluding ortho intramolecular Hbond substituents is 1. The Kier molecular flexibility index (Phi) is 6.95. The molecule has 0 aliphatic carbocycles. The molecule has 5 aromatic rings. The third-order valence-corrected chi connectivity index (χ3v) is 7.02. The summed E-state index contributed by atoms with van der Waals surface area (Å²) in [6, 6.07) is 16.8. The minimum absolute atomic E-state index is 0.0150. The lowest BCUT2D eigenvalue weighted by molar-refractivity contribution is 0.176. The zero-order valence-electron chi connectivity index (χ0n) is 19.6. The monoisotopic (exact) mass is 501 g/mol. The standard InChI is InChI=1S/C27H27N5O3S/c28-18-7-3-5-16(11-18)25-24-17(6-4-10-30-24)12-19(31-25)8-1-2-9-29-15-23(34)21-13-20(33)14-22-26(21)36-27(35)32-22/h3-7,10-14,23,29,33-34H,1-2,8-9,15,28H2,(H,32,35)/t23-/m0/s1. The van der Waals surface area contributed by atoms with Crippen LogP contribution in [0.4, 0.5) is 5.69 Å². The summed E-state index contributed by atoms with van der Waals surface area (Å²) in [4.78, 5) is 23.6. The number of aryl methyl sites for hydroxylation is 1. The van der Waals surface area contributed by atoms with E-state index in [2.05, 4.69) is 21.4 Å². The molecule has 0 unspecified atom stereocenters. The highest BCUT2D eigenvalue weighted by Gasteiger charge is 2.15. The first-order valence-corrected chi connectivity index (χ1v) is 12.6. The van der Waals surface area contributed by atoms with E-state index in [9.17, 15) is 15.0 Å². The van der Waals surface area contributed by atoms with E-state index in [1.165, 1.54) is 12.1 Å². The fourth-order valence-electron chi connectivity index (χ4n) is 4.38. The Morgan fingerprint density at radius 2 is 2.00 bits per heavy atom. The normalized spacial score (nSPS) is 12.4. The number of benzene rings is 2. The second-order valence-corrected chi connectivity index (χ2v) is 9.75. The highest BCUT2D eigenvalue weighted by Crippen LogP contribution is 2.30. The number of aliphatic hydroxyl groups excluding tert-OH is 1. The van der Waals surface area contributed by atoms with Gasteiger partial charge in [-0.3, -0.25) is 14.8 Å². The summed E-state index contributed by atoms with van der Waals surface area (Å²) in [6.45, 7) is 1.05. The first-order valence-electron chi connectivity index (χ1n) is 11.8. The fourth-order valence-corrected chi connectivity index (χ4v) is 5.26. The Hall–Kier alpha value is -3.79. The van der Waals surface area contributed by atoms with Gasteiger partial charge in [0.1, 0.15) is 5.75 Å². The molecule has 0 saturated carbocycles. The average Bonchev–Trinajstić information content (AvgIpc) is 3.24. The van der Waals surface area contributed by atoms with E-state index in [1.54, 1.807) is 6.20 Å². The van der Waals surface area contributed by atoms with Crippen LogP contribution in [0.1, 0.15) is 30.2 Å². The molecule has 0 bridgehead atoms. The summed E-state index contributed by atoms with van der Waals surface area (Å²) in [5.41, 5.74) is 11.4. The molecule has 5 rings (SSSR count). The fraction of sp³-hybridized carbons (Fsp3) is 0.222. The van der Waals surface area contributed by atoms with E-state index in [4.69, 9.17) is 10.7 Å². The molecule has 0 saturated heterocycles. The van der Waals surface area contributed by atoms with Crippen LogP contribution in [0.25, 0.3) is 32.4 Å². The zero-order valence-corrected chi connectivity index (χ0v) is 20.4. The first-order chi connectivity index (χ1) is 17.5. The molecule has 0 spiro atoms. The average molecular weight is 502 g/mol. The van der Waals surface area contributed by atoms with Crippen molar-refractivity contribution in [2.45, 2.75) is 25.4 Å². The maximum atomic E-state index is 11.7. The van der Waals surface area contributed by atoms with Crippen molar-refractivity contribution in [2.75, 3.05) is 18.8 Å². The molecule has 0 aliphatic rings. The summed E-state index contributed by atoms with van der Waals surface area (Å²) >= 11 is 1.03. The van der Waals surface area contributed by atoms with Gasteiger partial charge in [0.2, 0.25) is 0 Å². The number of nitrogens with two attached hydrogens (primary N) is 1. The number of anilines is 1. The Labute approximate surface area is 211 Å². The van der Waals surface area contributed by atoms with Crippen molar-refractivity contribution in [3.63, 3.8) is 0 Å². The number of hydrogen-bond acceptors (Lipinski definition) is 8.